The van der Waals surface area contributed by atoms with Gasteiger partial charge in [-0.05, 0) is 42.7 Å². The van der Waals surface area contributed by atoms with Gasteiger partial charge in [-0.25, -0.2) is 18.1 Å². The minimum atomic E-state index is -3.38. The summed E-state index contributed by atoms with van der Waals surface area (Å²) in [6.45, 7) is 4.13. The van der Waals surface area contributed by atoms with Gasteiger partial charge in [0.2, 0.25) is 10.0 Å². The van der Waals surface area contributed by atoms with Gasteiger partial charge in [-0.1, -0.05) is 36.4 Å². The summed E-state index contributed by atoms with van der Waals surface area (Å²) in [5.74, 6) is 0.901. The molecule has 0 radical (unpaired) electrons. The molecule has 1 N–H and O–H groups in total. The summed E-state index contributed by atoms with van der Waals surface area (Å²) >= 11 is 0. The Kier molecular flexibility index (Phi) is 5.01. The standard InChI is InChI=1S/C19H21N3O2S/c1-15-5-3-4-6-18(15)14-25(23,24)21-13-17-7-9-19(10-8-17)22-12-11-20-16(22)2/h3-12,21H,13-14H2,1-2H3. The number of nitrogens with zero attached hydrogens (tertiary/aromatic N) is 2. The number of aryl methyl sites for hydroxylation is 2. The summed E-state index contributed by atoms with van der Waals surface area (Å²) in [7, 11) is -3.38. The van der Waals surface area contributed by atoms with E-state index in [0.29, 0.717) is 0 Å². The van der Waals surface area contributed by atoms with Crippen LogP contribution in [-0.2, 0) is 22.3 Å². The van der Waals surface area contributed by atoms with Gasteiger partial charge in [-0.2, -0.15) is 0 Å². The van der Waals surface area contributed by atoms with Crippen LogP contribution in [0, 0.1) is 13.8 Å². The number of sulfonamides is 1. The molecular formula is C19H21N3O2S. The number of nitrogens with one attached hydrogen (secondary N) is 1. The van der Waals surface area contributed by atoms with E-state index in [1.807, 2.05) is 73.1 Å². The average molecular weight is 355 g/mol. The van der Waals surface area contributed by atoms with Gasteiger partial charge in [-0.15, -0.1) is 0 Å². The smallest absolute Gasteiger partial charge is 0.216 e. The molecule has 0 aliphatic carbocycles. The fourth-order valence-corrected chi connectivity index (χ4v) is 3.87. The molecule has 0 aliphatic heterocycles. The number of hydrogen-bond acceptors (Lipinski definition) is 3. The molecule has 3 aromatic rings. The minimum absolute atomic E-state index is 0.00795. The molecule has 1 heterocycles. The maximum absolute atomic E-state index is 12.3. The SMILES string of the molecule is Cc1ccccc1CS(=O)(=O)NCc1ccc(-n2ccnc2C)cc1. The lowest BCUT2D eigenvalue weighted by molar-refractivity contribution is 0.580. The summed E-state index contributed by atoms with van der Waals surface area (Å²) in [4.78, 5) is 4.20. The van der Waals surface area contributed by atoms with Gasteiger partial charge in [0.1, 0.15) is 5.82 Å². The Morgan fingerprint density at radius 2 is 1.76 bits per heavy atom. The fourth-order valence-electron chi connectivity index (χ4n) is 2.65. The van der Waals surface area contributed by atoms with Gasteiger partial charge in [0.25, 0.3) is 0 Å². The molecule has 0 fully saturated rings. The first kappa shape index (κ1) is 17.4. The van der Waals surface area contributed by atoms with Gasteiger partial charge in [0.15, 0.2) is 0 Å². The number of imidazole rings is 1. The lowest BCUT2D eigenvalue weighted by atomic mass is 10.1. The molecule has 0 spiro atoms. The van der Waals surface area contributed by atoms with E-state index in [9.17, 15) is 8.42 Å². The highest BCUT2D eigenvalue weighted by atomic mass is 32.2. The van der Waals surface area contributed by atoms with Gasteiger partial charge >= 0.3 is 0 Å². The first-order valence-corrected chi connectivity index (χ1v) is 9.71. The van der Waals surface area contributed by atoms with Crippen LogP contribution in [-0.4, -0.2) is 18.0 Å². The van der Waals surface area contributed by atoms with E-state index in [-0.39, 0.29) is 12.3 Å². The lowest BCUT2D eigenvalue weighted by Gasteiger charge is -2.10. The van der Waals surface area contributed by atoms with Crippen molar-refractivity contribution in [3.63, 3.8) is 0 Å². The Labute approximate surface area is 148 Å². The van der Waals surface area contributed by atoms with Crippen molar-refractivity contribution in [1.29, 1.82) is 0 Å². The molecule has 0 saturated carbocycles. The van der Waals surface area contributed by atoms with Crippen LogP contribution in [0.5, 0.6) is 0 Å². The average Bonchev–Trinajstić information content (AvgIpc) is 3.02. The Balaban J connectivity index is 1.65. The molecule has 25 heavy (non-hydrogen) atoms. The van der Waals surface area contributed by atoms with Crippen molar-refractivity contribution in [2.24, 2.45) is 0 Å². The molecule has 3 rings (SSSR count). The largest absolute Gasteiger partial charge is 0.304 e. The Morgan fingerprint density at radius 1 is 1.04 bits per heavy atom. The van der Waals surface area contributed by atoms with E-state index < -0.39 is 10.0 Å². The highest BCUT2D eigenvalue weighted by Gasteiger charge is 2.12. The number of hydrogen-bond donors (Lipinski definition) is 1. The van der Waals surface area contributed by atoms with Gasteiger partial charge in [0.05, 0.1) is 5.75 Å². The zero-order valence-corrected chi connectivity index (χ0v) is 15.1. The van der Waals surface area contributed by atoms with Crippen molar-refractivity contribution in [3.05, 3.63) is 83.4 Å². The second-order valence-corrected chi connectivity index (χ2v) is 7.82. The quantitative estimate of drug-likeness (QED) is 0.739. The highest BCUT2D eigenvalue weighted by Crippen LogP contribution is 2.13. The number of rotatable bonds is 6. The zero-order valence-electron chi connectivity index (χ0n) is 14.3. The van der Waals surface area contributed by atoms with Crippen LogP contribution in [0.15, 0.2) is 60.9 Å². The van der Waals surface area contributed by atoms with Gasteiger partial charge < -0.3 is 4.57 Å². The molecule has 0 unspecified atom stereocenters. The van der Waals surface area contributed by atoms with Crippen molar-refractivity contribution in [1.82, 2.24) is 14.3 Å². The van der Waals surface area contributed by atoms with Gasteiger partial charge in [-0.3, -0.25) is 0 Å². The molecule has 130 valence electrons. The van der Waals surface area contributed by atoms with Gasteiger partial charge in [0, 0.05) is 24.6 Å². The third kappa shape index (κ3) is 4.35. The predicted molar refractivity (Wildman–Crippen MR) is 98.9 cm³/mol. The van der Waals surface area contributed by atoms with Crippen LogP contribution in [0.1, 0.15) is 22.5 Å². The summed E-state index contributed by atoms with van der Waals surface area (Å²) < 4.78 is 29.2. The Morgan fingerprint density at radius 3 is 2.40 bits per heavy atom. The molecule has 5 nitrogen and oxygen atoms in total. The summed E-state index contributed by atoms with van der Waals surface area (Å²) in [6, 6.07) is 15.3. The molecule has 0 atom stereocenters. The third-order valence-corrected chi connectivity index (χ3v) is 5.42. The predicted octanol–water partition coefficient (Wildman–Crippen LogP) is 3.11. The van der Waals surface area contributed by atoms with E-state index in [0.717, 1.165) is 28.2 Å². The maximum atomic E-state index is 12.3. The van der Waals surface area contributed by atoms with Crippen LogP contribution in [0.4, 0.5) is 0 Å². The summed E-state index contributed by atoms with van der Waals surface area (Å²) in [5, 5.41) is 0. The van der Waals surface area contributed by atoms with E-state index >= 15 is 0 Å². The lowest BCUT2D eigenvalue weighted by Crippen LogP contribution is -2.25. The second kappa shape index (κ2) is 7.21. The van der Waals surface area contributed by atoms with E-state index in [4.69, 9.17) is 0 Å². The van der Waals surface area contributed by atoms with Crippen LogP contribution < -0.4 is 4.72 Å². The van der Waals surface area contributed by atoms with Crippen molar-refractivity contribution < 1.29 is 8.42 Å². The first-order chi connectivity index (χ1) is 11.9. The Hall–Kier alpha value is -2.44. The molecule has 0 amide bonds. The molecular weight excluding hydrogens is 334 g/mol. The van der Waals surface area contributed by atoms with Crippen molar-refractivity contribution in [2.75, 3.05) is 0 Å². The van der Waals surface area contributed by atoms with E-state index in [1.54, 1.807) is 6.20 Å². The van der Waals surface area contributed by atoms with Crippen molar-refractivity contribution in [3.8, 4) is 5.69 Å². The molecule has 2 aromatic carbocycles. The minimum Gasteiger partial charge on any atom is -0.304 e. The fraction of sp³-hybridized carbons (Fsp3) is 0.211. The van der Waals surface area contributed by atoms with Crippen LogP contribution in [0.2, 0.25) is 0 Å². The topological polar surface area (TPSA) is 64.0 Å². The van der Waals surface area contributed by atoms with E-state index in [1.165, 1.54) is 0 Å². The zero-order chi connectivity index (χ0) is 17.9. The monoisotopic (exact) mass is 355 g/mol. The van der Waals surface area contributed by atoms with E-state index in [2.05, 4.69) is 9.71 Å². The molecule has 1 aromatic heterocycles. The van der Waals surface area contributed by atoms with Crippen molar-refractivity contribution >= 4 is 10.0 Å². The molecule has 6 heteroatoms. The first-order valence-electron chi connectivity index (χ1n) is 8.06. The molecule has 0 saturated heterocycles. The Bertz CT molecular complexity index is 960. The number of benzene rings is 2. The van der Waals surface area contributed by atoms with Crippen LogP contribution >= 0.6 is 0 Å². The number of aromatic nitrogens is 2. The summed E-state index contributed by atoms with van der Waals surface area (Å²) in [6.07, 6.45) is 3.65. The summed E-state index contributed by atoms with van der Waals surface area (Å²) in [5.41, 5.74) is 3.71. The third-order valence-electron chi connectivity index (χ3n) is 4.14. The molecule has 0 aliphatic rings. The molecule has 0 bridgehead atoms. The van der Waals surface area contributed by atoms with Crippen molar-refractivity contribution in [2.45, 2.75) is 26.1 Å². The maximum Gasteiger partial charge on any atom is 0.216 e. The highest BCUT2D eigenvalue weighted by molar-refractivity contribution is 7.88. The normalized spacial score (nSPS) is 11.6. The second-order valence-electron chi connectivity index (χ2n) is 6.02. The van der Waals surface area contributed by atoms with Crippen LogP contribution in [0.25, 0.3) is 5.69 Å². The van der Waals surface area contributed by atoms with Crippen LogP contribution in [0.3, 0.4) is 0 Å².